The number of aromatic nitrogens is 2. The Morgan fingerprint density at radius 2 is 2.13 bits per heavy atom. The lowest BCUT2D eigenvalue weighted by atomic mass is 10.1. The van der Waals surface area contributed by atoms with Crippen LogP contribution in [0.4, 0.5) is 5.69 Å². The highest BCUT2D eigenvalue weighted by atomic mass is 35.5. The molecule has 3 aromatic rings. The molecule has 0 radical (unpaired) electrons. The molecule has 23 heavy (non-hydrogen) atoms. The number of nitrogens with zero attached hydrogens (tertiary/aromatic N) is 1. The average Bonchev–Trinajstić information content (AvgIpc) is 2.55. The Bertz CT molecular complexity index is 908. The fourth-order valence-electron chi connectivity index (χ4n) is 2.43. The SMILES string of the molecule is COc1ncc(C(C)Nc2ccc3cc[nH]c(=O)c3c2)cc1Cl. The van der Waals surface area contributed by atoms with Crippen molar-refractivity contribution in [3.63, 3.8) is 0 Å². The van der Waals surface area contributed by atoms with E-state index in [1.54, 1.807) is 12.4 Å². The van der Waals surface area contributed by atoms with Crippen LogP contribution in [0.3, 0.4) is 0 Å². The standard InChI is InChI=1S/C17H16ClN3O2/c1-10(12-7-15(18)17(23-2)20-9-12)21-13-4-3-11-5-6-19-16(22)14(11)8-13/h3-10,21H,1-2H3,(H,19,22). The molecule has 0 spiro atoms. The molecule has 1 unspecified atom stereocenters. The number of ether oxygens (including phenoxy) is 1. The lowest BCUT2D eigenvalue weighted by molar-refractivity contribution is 0.397. The fourth-order valence-corrected chi connectivity index (χ4v) is 2.69. The van der Waals surface area contributed by atoms with Crippen LogP contribution in [-0.4, -0.2) is 17.1 Å². The summed E-state index contributed by atoms with van der Waals surface area (Å²) in [7, 11) is 1.53. The van der Waals surface area contributed by atoms with Gasteiger partial charge < -0.3 is 15.0 Å². The van der Waals surface area contributed by atoms with Gasteiger partial charge in [0.15, 0.2) is 0 Å². The number of aromatic amines is 1. The maximum Gasteiger partial charge on any atom is 0.255 e. The molecule has 6 heteroatoms. The number of rotatable bonds is 4. The Kier molecular flexibility index (Phi) is 4.21. The van der Waals surface area contributed by atoms with Crippen LogP contribution >= 0.6 is 11.6 Å². The molecule has 0 fully saturated rings. The number of hydrogen-bond donors (Lipinski definition) is 2. The first-order valence-electron chi connectivity index (χ1n) is 7.16. The number of H-pyrrole nitrogens is 1. The van der Waals surface area contributed by atoms with Gasteiger partial charge in [-0.2, -0.15) is 0 Å². The Morgan fingerprint density at radius 1 is 1.30 bits per heavy atom. The van der Waals surface area contributed by atoms with Crippen molar-refractivity contribution in [2.24, 2.45) is 0 Å². The second-order valence-electron chi connectivity index (χ2n) is 5.23. The minimum atomic E-state index is -0.104. The number of hydrogen-bond acceptors (Lipinski definition) is 4. The quantitative estimate of drug-likeness (QED) is 0.765. The number of halogens is 1. The number of methoxy groups -OCH3 is 1. The Morgan fingerprint density at radius 3 is 2.87 bits per heavy atom. The zero-order valence-corrected chi connectivity index (χ0v) is 13.5. The first-order chi connectivity index (χ1) is 11.1. The second-order valence-corrected chi connectivity index (χ2v) is 5.64. The third kappa shape index (κ3) is 3.14. The van der Waals surface area contributed by atoms with Crippen LogP contribution in [-0.2, 0) is 0 Å². The predicted octanol–water partition coefficient (Wildman–Crippen LogP) is 3.76. The van der Waals surface area contributed by atoms with E-state index in [-0.39, 0.29) is 11.6 Å². The molecular weight excluding hydrogens is 314 g/mol. The van der Waals surface area contributed by atoms with Gasteiger partial charge in [0.05, 0.1) is 13.2 Å². The van der Waals surface area contributed by atoms with Crippen LogP contribution in [0.25, 0.3) is 10.8 Å². The number of benzene rings is 1. The lowest BCUT2D eigenvalue weighted by Crippen LogP contribution is -2.09. The maximum atomic E-state index is 11.9. The van der Waals surface area contributed by atoms with Crippen molar-refractivity contribution < 1.29 is 4.74 Å². The van der Waals surface area contributed by atoms with Gasteiger partial charge in [0.1, 0.15) is 5.02 Å². The Labute approximate surface area is 138 Å². The monoisotopic (exact) mass is 329 g/mol. The fraction of sp³-hybridized carbons (Fsp3) is 0.176. The molecule has 0 aliphatic carbocycles. The van der Waals surface area contributed by atoms with Crippen LogP contribution < -0.4 is 15.6 Å². The third-order valence-electron chi connectivity index (χ3n) is 3.68. The Balaban J connectivity index is 1.88. The smallest absolute Gasteiger partial charge is 0.255 e. The molecule has 118 valence electrons. The van der Waals surface area contributed by atoms with Crippen LogP contribution in [0.5, 0.6) is 5.88 Å². The van der Waals surface area contributed by atoms with Crippen LogP contribution in [0, 0.1) is 0 Å². The highest BCUT2D eigenvalue weighted by Crippen LogP contribution is 2.27. The molecular formula is C17H16ClN3O2. The molecule has 0 aliphatic heterocycles. The zero-order chi connectivity index (χ0) is 16.4. The predicted molar refractivity (Wildman–Crippen MR) is 92.4 cm³/mol. The molecule has 0 saturated heterocycles. The van der Waals surface area contributed by atoms with E-state index in [0.29, 0.717) is 16.3 Å². The van der Waals surface area contributed by atoms with Gasteiger partial charge in [0.2, 0.25) is 5.88 Å². The summed E-state index contributed by atoms with van der Waals surface area (Å²) in [4.78, 5) is 18.7. The summed E-state index contributed by atoms with van der Waals surface area (Å²) in [5, 5.41) is 5.37. The highest BCUT2D eigenvalue weighted by Gasteiger charge is 2.10. The van der Waals surface area contributed by atoms with Gasteiger partial charge in [-0.25, -0.2) is 4.98 Å². The molecule has 5 nitrogen and oxygen atoms in total. The largest absolute Gasteiger partial charge is 0.480 e. The van der Waals surface area contributed by atoms with Gasteiger partial charge in [0, 0.05) is 23.5 Å². The van der Waals surface area contributed by atoms with Crippen LogP contribution in [0.2, 0.25) is 5.02 Å². The highest BCUT2D eigenvalue weighted by molar-refractivity contribution is 6.31. The second kappa shape index (κ2) is 6.30. The van der Waals surface area contributed by atoms with Crippen molar-refractivity contribution in [1.82, 2.24) is 9.97 Å². The lowest BCUT2D eigenvalue weighted by Gasteiger charge is -2.16. The van der Waals surface area contributed by atoms with E-state index in [1.165, 1.54) is 7.11 Å². The van der Waals surface area contributed by atoms with Crippen molar-refractivity contribution in [1.29, 1.82) is 0 Å². The molecule has 0 amide bonds. The number of fused-ring (bicyclic) bond motifs is 1. The molecule has 0 saturated carbocycles. The van der Waals surface area contributed by atoms with E-state index in [4.69, 9.17) is 16.3 Å². The van der Waals surface area contributed by atoms with Gasteiger partial charge in [-0.15, -0.1) is 0 Å². The van der Waals surface area contributed by atoms with Gasteiger partial charge in [-0.05, 0) is 42.1 Å². The summed E-state index contributed by atoms with van der Waals surface area (Å²) in [6.45, 7) is 2.00. The van der Waals surface area contributed by atoms with Gasteiger partial charge in [-0.1, -0.05) is 17.7 Å². The van der Waals surface area contributed by atoms with E-state index >= 15 is 0 Å². The molecule has 1 aromatic carbocycles. The average molecular weight is 330 g/mol. The van der Waals surface area contributed by atoms with Crippen molar-refractivity contribution in [3.8, 4) is 5.88 Å². The molecule has 1 atom stereocenters. The van der Waals surface area contributed by atoms with Crippen LogP contribution in [0.1, 0.15) is 18.5 Å². The van der Waals surface area contributed by atoms with E-state index in [1.807, 2.05) is 37.3 Å². The van der Waals surface area contributed by atoms with Crippen molar-refractivity contribution in [2.75, 3.05) is 12.4 Å². The van der Waals surface area contributed by atoms with Gasteiger partial charge >= 0.3 is 0 Å². The molecule has 0 aliphatic rings. The molecule has 0 bridgehead atoms. The first kappa shape index (κ1) is 15.4. The van der Waals surface area contributed by atoms with E-state index < -0.39 is 0 Å². The summed E-state index contributed by atoms with van der Waals surface area (Å²) in [6, 6.07) is 9.36. The summed E-state index contributed by atoms with van der Waals surface area (Å²) < 4.78 is 5.06. The molecule has 2 N–H and O–H groups in total. The number of nitrogens with one attached hydrogen (secondary N) is 2. The summed E-state index contributed by atoms with van der Waals surface area (Å²) in [5.41, 5.74) is 1.68. The summed E-state index contributed by atoms with van der Waals surface area (Å²) in [6.07, 6.45) is 3.36. The van der Waals surface area contributed by atoms with Gasteiger partial charge in [0.25, 0.3) is 5.56 Å². The van der Waals surface area contributed by atoms with E-state index in [9.17, 15) is 4.79 Å². The van der Waals surface area contributed by atoms with Crippen molar-refractivity contribution in [2.45, 2.75) is 13.0 Å². The molecule has 2 aromatic heterocycles. The maximum absolute atomic E-state index is 11.9. The minimum Gasteiger partial charge on any atom is -0.480 e. The third-order valence-corrected chi connectivity index (χ3v) is 3.95. The number of pyridine rings is 2. The molecule has 3 rings (SSSR count). The normalized spacial score (nSPS) is 12.1. The topological polar surface area (TPSA) is 67.0 Å². The van der Waals surface area contributed by atoms with Crippen LogP contribution in [0.15, 0.2) is 47.5 Å². The van der Waals surface area contributed by atoms with E-state index in [2.05, 4.69) is 15.3 Å². The van der Waals surface area contributed by atoms with Gasteiger partial charge in [-0.3, -0.25) is 4.79 Å². The van der Waals surface area contributed by atoms with E-state index in [0.717, 1.165) is 16.6 Å². The summed E-state index contributed by atoms with van der Waals surface area (Å²) >= 11 is 6.11. The first-order valence-corrected chi connectivity index (χ1v) is 7.53. The Hall–Kier alpha value is -2.53. The zero-order valence-electron chi connectivity index (χ0n) is 12.8. The molecule has 2 heterocycles. The number of anilines is 1. The van der Waals surface area contributed by atoms with Crippen molar-refractivity contribution in [3.05, 3.63) is 63.7 Å². The summed E-state index contributed by atoms with van der Waals surface area (Å²) in [5.74, 6) is 0.403. The van der Waals surface area contributed by atoms with Crippen molar-refractivity contribution >= 4 is 28.1 Å². The minimum absolute atomic E-state index is 0.0221.